The van der Waals surface area contributed by atoms with Crippen LogP contribution in [0.2, 0.25) is 51.9 Å². The molecule has 0 saturated carbocycles. The summed E-state index contributed by atoms with van der Waals surface area (Å²) in [5.74, 6) is -0.868. The van der Waals surface area contributed by atoms with Crippen molar-refractivity contribution in [2.75, 3.05) is 0 Å². The van der Waals surface area contributed by atoms with E-state index in [1.165, 1.54) is 0 Å². The predicted octanol–water partition coefficient (Wildman–Crippen LogP) is 4.05. The third kappa shape index (κ3) is 7.43. The third-order valence-electron chi connectivity index (χ3n) is 3.53. The van der Waals surface area contributed by atoms with Gasteiger partial charge >= 0.3 is 40.2 Å². The van der Waals surface area contributed by atoms with E-state index in [9.17, 15) is 4.79 Å². The molecule has 140 valence electrons. The Morgan fingerprint density at radius 1 is 0.875 bits per heavy atom. The first-order valence-corrected chi connectivity index (χ1v) is 19.3. The second kappa shape index (κ2) is 7.66. The Morgan fingerprint density at radius 3 is 1.71 bits per heavy atom. The molecule has 0 aromatic carbocycles. The quantitative estimate of drug-likeness (QED) is 0.420. The molecule has 1 saturated heterocycles. The van der Waals surface area contributed by atoms with Gasteiger partial charge in [-0.15, -0.1) is 0 Å². The van der Waals surface area contributed by atoms with Gasteiger partial charge in [0.1, 0.15) is 0 Å². The van der Waals surface area contributed by atoms with E-state index in [2.05, 4.69) is 6.55 Å². The van der Waals surface area contributed by atoms with Gasteiger partial charge in [-0.25, -0.2) is 4.79 Å². The summed E-state index contributed by atoms with van der Waals surface area (Å²) >= 11 is 0. The lowest BCUT2D eigenvalue weighted by molar-refractivity contribution is -0.132. The molecule has 1 aliphatic heterocycles. The van der Waals surface area contributed by atoms with Gasteiger partial charge in [-0.1, -0.05) is 6.08 Å². The van der Waals surface area contributed by atoms with E-state index < -0.39 is 40.2 Å². The van der Waals surface area contributed by atoms with Gasteiger partial charge in [0.2, 0.25) is 0 Å². The number of hydrogen-bond acceptors (Lipinski definition) is 5. The Morgan fingerprint density at radius 2 is 1.29 bits per heavy atom. The van der Waals surface area contributed by atoms with Crippen molar-refractivity contribution in [2.24, 2.45) is 0 Å². The molecule has 1 rings (SSSR count). The molecule has 0 aromatic rings. The van der Waals surface area contributed by atoms with E-state index in [1.54, 1.807) is 13.0 Å². The number of carbonyl (C=O) groups is 1. The van der Waals surface area contributed by atoms with E-state index in [0.717, 1.165) is 12.5 Å². The fourth-order valence-electron chi connectivity index (χ4n) is 3.24. The number of carboxylic acids is 1. The molecule has 1 aliphatic rings. The molecule has 0 amide bonds. The van der Waals surface area contributed by atoms with Crippen LogP contribution in [0, 0.1) is 0 Å². The fourth-order valence-corrected chi connectivity index (χ4v) is 24.9. The van der Waals surface area contributed by atoms with Crippen molar-refractivity contribution in [1.29, 1.82) is 0 Å². The standard InChI is InChI=1S/C14H32O6Si4/c1-13(14(15)16)11-9-10-12-24(8)19-22(4,5)17-21(2,3)18-23(6,7)20-24/h11H,9-10,12H2,1-8H3,(H,15,16). The second-order valence-electron chi connectivity index (χ2n) is 7.83. The minimum absolute atomic E-state index is 0.380. The lowest BCUT2D eigenvalue weighted by atomic mass is 10.2. The normalized spacial score (nSPS) is 25.6. The first kappa shape index (κ1) is 22.0. The zero-order valence-electron chi connectivity index (χ0n) is 16.2. The van der Waals surface area contributed by atoms with E-state index >= 15 is 0 Å². The molecule has 0 aliphatic carbocycles. The average molecular weight is 409 g/mol. The van der Waals surface area contributed by atoms with Crippen LogP contribution in [-0.2, 0) is 21.3 Å². The van der Waals surface area contributed by atoms with Gasteiger partial charge < -0.3 is 21.6 Å². The lowest BCUT2D eigenvalue weighted by Crippen LogP contribution is -2.64. The van der Waals surface area contributed by atoms with Gasteiger partial charge in [0.15, 0.2) is 0 Å². The summed E-state index contributed by atoms with van der Waals surface area (Å²) in [4.78, 5) is 10.8. The lowest BCUT2D eigenvalue weighted by Gasteiger charge is -2.47. The Bertz CT molecular complexity index is 481. The molecular formula is C14H32O6Si4. The molecule has 0 unspecified atom stereocenters. The van der Waals surface area contributed by atoms with E-state index in [1.807, 2.05) is 39.3 Å². The van der Waals surface area contributed by atoms with Crippen LogP contribution in [-0.4, -0.2) is 45.3 Å². The molecule has 10 heteroatoms. The van der Waals surface area contributed by atoms with Crippen LogP contribution in [0.1, 0.15) is 19.8 Å². The van der Waals surface area contributed by atoms with Crippen LogP contribution >= 0.6 is 0 Å². The number of rotatable bonds is 5. The van der Waals surface area contributed by atoms with Crippen LogP contribution in [0.3, 0.4) is 0 Å². The summed E-state index contributed by atoms with van der Waals surface area (Å²) in [6.45, 7) is 16.0. The molecule has 24 heavy (non-hydrogen) atoms. The summed E-state index contributed by atoms with van der Waals surface area (Å²) in [6, 6.07) is 0.804. The van der Waals surface area contributed by atoms with E-state index in [4.69, 9.17) is 21.6 Å². The zero-order valence-corrected chi connectivity index (χ0v) is 20.2. The molecule has 0 radical (unpaired) electrons. The monoisotopic (exact) mass is 408 g/mol. The first-order chi connectivity index (χ1) is 10.7. The molecule has 0 spiro atoms. The van der Waals surface area contributed by atoms with Gasteiger partial charge in [0.25, 0.3) is 0 Å². The molecule has 6 nitrogen and oxygen atoms in total. The summed E-state index contributed by atoms with van der Waals surface area (Å²) in [5.41, 5.74) is 0.380. The molecule has 1 fully saturated rings. The largest absolute Gasteiger partial charge is 0.478 e. The minimum Gasteiger partial charge on any atom is -0.478 e. The van der Waals surface area contributed by atoms with Crippen molar-refractivity contribution in [3.05, 3.63) is 11.6 Å². The SMILES string of the molecule is CC(=CCCC[Si]1(C)O[Si](C)(C)O[Si](C)(C)O[Si](C)(C)O1)C(=O)O. The van der Waals surface area contributed by atoms with Crippen molar-refractivity contribution >= 4 is 40.2 Å². The Hall–Kier alpha value is -0.0825. The summed E-state index contributed by atoms with van der Waals surface area (Å²) < 4.78 is 25.6. The fraction of sp³-hybridized carbons (Fsp3) is 0.786. The summed E-state index contributed by atoms with van der Waals surface area (Å²) in [7, 11) is -9.32. The van der Waals surface area contributed by atoms with Gasteiger partial charge in [-0.2, -0.15) is 0 Å². The van der Waals surface area contributed by atoms with Crippen molar-refractivity contribution in [3.63, 3.8) is 0 Å². The van der Waals surface area contributed by atoms with E-state index in [-0.39, 0.29) is 0 Å². The maximum Gasteiger partial charge on any atom is 0.330 e. The number of aliphatic carboxylic acids is 1. The maximum absolute atomic E-state index is 10.8. The third-order valence-corrected chi connectivity index (χ3v) is 20.0. The number of carboxylic acid groups (broad SMARTS) is 1. The summed E-state index contributed by atoms with van der Waals surface area (Å²) in [6.07, 6.45) is 3.31. The van der Waals surface area contributed by atoms with Crippen molar-refractivity contribution < 1.29 is 26.4 Å². The Labute approximate surface area is 150 Å². The molecular weight excluding hydrogens is 376 g/mol. The second-order valence-corrected chi connectivity index (χ2v) is 22.3. The molecule has 0 aromatic heterocycles. The highest BCUT2D eigenvalue weighted by Gasteiger charge is 2.52. The Balaban J connectivity index is 2.82. The highest BCUT2D eigenvalue weighted by atomic mass is 28.5. The molecule has 1 N–H and O–H groups in total. The van der Waals surface area contributed by atoms with Gasteiger partial charge in [0.05, 0.1) is 0 Å². The van der Waals surface area contributed by atoms with Crippen LogP contribution in [0.15, 0.2) is 11.6 Å². The van der Waals surface area contributed by atoms with Crippen LogP contribution in [0.5, 0.6) is 0 Å². The molecule has 1 heterocycles. The van der Waals surface area contributed by atoms with Gasteiger partial charge in [0, 0.05) is 5.57 Å². The highest BCUT2D eigenvalue weighted by molar-refractivity contribution is 6.93. The molecule has 0 bridgehead atoms. The van der Waals surface area contributed by atoms with E-state index in [0.29, 0.717) is 12.0 Å². The smallest absolute Gasteiger partial charge is 0.330 e. The number of unbranched alkanes of at least 4 members (excludes halogenated alkanes) is 1. The summed E-state index contributed by atoms with van der Waals surface area (Å²) in [5, 5.41) is 8.91. The predicted molar refractivity (Wildman–Crippen MR) is 104 cm³/mol. The molecule has 0 atom stereocenters. The zero-order chi connectivity index (χ0) is 18.8. The number of allylic oxidation sites excluding steroid dienone is 1. The van der Waals surface area contributed by atoms with Crippen molar-refractivity contribution in [3.8, 4) is 0 Å². The van der Waals surface area contributed by atoms with Gasteiger partial charge in [-0.3, -0.25) is 0 Å². The first-order valence-electron chi connectivity index (χ1n) is 8.36. The van der Waals surface area contributed by atoms with Crippen molar-refractivity contribution in [2.45, 2.75) is 71.6 Å². The number of hydrogen-bond donors (Lipinski definition) is 1. The topological polar surface area (TPSA) is 74.2 Å². The van der Waals surface area contributed by atoms with Crippen LogP contribution < -0.4 is 0 Å². The highest BCUT2D eigenvalue weighted by Crippen LogP contribution is 2.33. The Kier molecular flexibility index (Phi) is 7.01. The van der Waals surface area contributed by atoms with Crippen LogP contribution in [0.25, 0.3) is 0 Å². The average Bonchev–Trinajstić information content (AvgIpc) is 2.27. The minimum atomic E-state index is -2.43. The van der Waals surface area contributed by atoms with Crippen molar-refractivity contribution in [1.82, 2.24) is 0 Å². The maximum atomic E-state index is 10.8. The van der Waals surface area contributed by atoms with Gasteiger partial charge in [-0.05, 0) is 71.6 Å². The van der Waals surface area contributed by atoms with Crippen LogP contribution in [0.4, 0.5) is 0 Å².